The molecule has 0 saturated heterocycles. The van der Waals surface area contributed by atoms with Gasteiger partial charge in [0.1, 0.15) is 11.1 Å². The van der Waals surface area contributed by atoms with Crippen molar-refractivity contribution >= 4 is 11.9 Å². The number of methoxy groups -OCH3 is 1. The zero-order chi connectivity index (χ0) is 14.5. The van der Waals surface area contributed by atoms with Gasteiger partial charge in [0.15, 0.2) is 0 Å². The zero-order valence-corrected chi connectivity index (χ0v) is 11.3. The molecule has 1 aromatic heterocycles. The molecular formula is C13H18N2O4. The highest BCUT2D eigenvalue weighted by Crippen LogP contribution is 2.19. The molecule has 1 aromatic rings. The Bertz CT molecular complexity index is 469. The number of nitrogens with one attached hydrogen (secondary N) is 1. The van der Waals surface area contributed by atoms with Crippen molar-refractivity contribution in [3.63, 3.8) is 0 Å². The van der Waals surface area contributed by atoms with E-state index in [1.165, 1.54) is 13.3 Å². The van der Waals surface area contributed by atoms with Crippen LogP contribution in [0.25, 0.3) is 0 Å². The fraction of sp³-hybridized carbons (Fsp3) is 0.462. The molecule has 0 aromatic carbocycles. The van der Waals surface area contributed by atoms with E-state index >= 15 is 0 Å². The molecule has 104 valence electrons. The van der Waals surface area contributed by atoms with Crippen molar-refractivity contribution in [2.75, 3.05) is 7.11 Å². The lowest BCUT2D eigenvalue weighted by Crippen LogP contribution is -2.53. The number of rotatable bonds is 6. The molecule has 19 heavy (non-hydrogen) atoms. The second-order valence-electron chi connectivity index (χ2n) is 4.11. The number of hydrogen-bond acceptors (Lipinski definition) is 4. The molecule has 0 aliphatic rings. The van der Waals surface area contributed by atoms with Gasteiger partial charge in [-0.2, -0.15) is 0 Å². The topological polar surface area (TPSA) is 88.5 Å². The second kappa shape index (κ2) is 6.17. The largest absolute Gasteiger partial charge is 0.480 e. The maximum atomic E-state index is 12.2. The van der Waals surface area contributed by atoms with Crippen LogP contribution in [0.4, 0.5) is 0 Å². The number of ether oxygens (including phenoxy) is 1. The summed E-state index contributed by atoms with van der Waals surface area (Å²) in [6, 6.07) is 3.14. The van der Waals surface area contributed by atoms with Crippen LogP contribution in [0.1, 0.15) is 37.0 Å². The van der Waals surface area contributed by atoms with Crippen LogP contribution in [0.2, 0.25) is 0 Å². The van der Waals surface area contributed by atoms with E-state index in [9.17, 15) is 14.7 Å². The van der Waals surface area contributed by atoms with Crippen LogP contribution in [0.3, 0.4) is 0 Å². The Balaban J connectivity index is 3.04. The summed E-state index contributed by atoms with van der Waals surface area (Å²) in [6.07, 6.45) is 2.10. The number of hydrogen-bond donors (Lipinski definition) is 2. The molecule has 0 saturated carbocycles. The van der Waals surface area contributed by atoms with E-state index < -0.39 is 17.4 Å². The summed E-state index contributed by atoms with van der Waals surface area (Å²) in [5.41, 5.74) is -1.05. The van der Waals surface area contributed by atoms with Crippen molar-refractivity contribution in [2.24, 2.45) is 0 Å². The first-order valence-corrected chi connectivity index (χ1v) is 6.05. The molecule has 6 heteroatoms. The molecule has 0 fully saturated rings. The number of nitrogens with zero attached hydrogens (tertiary/aromatic N) is 1. The summed E-state index contributed by atoms with van der Waals surface area (Å²) in [7, 11) is 1.41. The molecular weight excluding hydrogens is 248 g/mol. The van der Waals surface area contributed by atoms with E-state index in [0.717, 1.165) is 0 Å². The smallest absolute Gasteiger partial charge is 0.329 e. The van der Waals surface area contributed by atoms with Gasteiger partial charge >= 0.3 is 5.97 Å². The van der Waals surface area contributed by atoms with Crippen molar-refractivity contribution in [1.29, 1.82) is 0 Å². The van der Waals surface area contributed by atoms with Crippen LogP contribution in [0, 0.1) is 0 Å². The third-order valence-corrected chi connectivity index (χ3v) is 3.18. The predicted molar refractivity (Wildman–Crippen MR) is 69.2 cm³/mol. The SMILES string of the molecule is CCC(CC)(NC(=O)c1cccnc1OC)C(=O)O. The van der Waals surface area contributed by atoms with Crippen LogP contribution in [-0.4, -0.2) is 34.6 Å². The molecule has 2 N–H and O–H groups in total. The number of aromatic nitrogens is 1. The maximum absolute atomic E-state index is 12.2. The minimum Gasteiger partial charge on any atom is -0.480 e. The lowest BCUT2D eigenvalue weighted by atomic mass is 9.92. The quantitative estimate of drug-likeness (QED) is 0.813. The van der Waals surface area contributed by atoms with E-state index in [2.05, 4.69) is 10.3 Å². The number of aliphatic carboxylic acids is 1. The Kier molecular flexibility index (Phi) is 4.86. The monoisotopic (exact) mass is 266 g/mol. The van der Waals surface area contributed by atoms with E-state index in [4.69, 9.17) is 4.74 Å². The minimum absolute atomic E-state index is 0.173. The molecule has 1 rings (SSSR count). The minimum atomic E-state index is -1.27. The van der Waals surface area contributed by atoms with Crippen molar-refractivity contribution < 1.29 is 19.4 Å². The van der Waals surface area contributed by atoms with E-state index in [-0.39, 0.29) is 11.4 Å². The average molecular weight is 266 g/mol. The van der Waals surface area contributed by atoms with Crippen molar-refractivity contribution in [2.45, 2.75) is 32.2 Å². The number of carbonyl (C=O) groups is 2. The summed E-state index contributed by atoms with van der Waals surface area (Å²) in [5, 5.41) is 11.8. The molecule has 0 aliphatic heterocycles. The van der Waals surface area contributed by atoms with E-state index in [0.29, 0.717) is 12.8 Å². The zero-order valence-electron chi connectivity index (χ0n) is 11.3. The maximum Gasteiger partial charge on any atom is 0.329 e. The average Bonchev–Trinajstić information content (AvgIpc) is 2.44. The van der Waals surface area contributed by atoms with Gasteiger partial charge in [0.05, 0.1) is 7.11 Å². The van der Waals surface area contributed by atoms with Gasteiger partial charge in [-0.3, -0.25) is 4.79 Å². The molecule has 1 amide bonds. The van der Waals surface area contributed by atoms with E-state index in [1.807, 2.05) is 0 Å². The standard InChI is InChI=1S/C13H18N2O4/c1-4-13(5-2,12(17)18)15-10(16)9-7-6-8-14-11(9)19-3/h6-8H,4-5H2,1-3H3,(H,15,16)(H,17,18). The summed E-state index contributed by atoms with van der Waals surface area (Å²) in [5.74, 6) is -1.38. The van der Waals surface area contributed by atoms with Gasteiger partial charge in [0, 0.05) is 6.20 Å². The van der Waals surface area contributed by atoms with Gasteiger partial charge in [0.2, 0.25) is 5.88 Å². The first-order chi connectivity index (χ1) is 9.00. The Labute approximate surface area is 111 Å². The fourth-order valence-electron chi connectivity index (χ4n) is 1.79. The van der Waals surface area contributed by atoms with Gasteiger partial charge in [-0.25, -0.2) is 9.78 Å². The lowest BCUT2D eigenvalue weighted by Gasteiger charge is -2.28. The van der Waals surface area contributed by atoms with Crippen LogP contribution in [0.15, 0.2) is 18.3 Å². The van der Waals surface area contributed by atoms with Gasteiger partial charge in [-0.05, 0) is 25.0 Å². The van der Waals surface area contributed by atoms with Crippen molar-refractivity contribution in [3.05, 3.63) is 23.9 Å². The predicted octanol–water partition coefficient (Wildman–Crippen LogP) is 1.46. The summed E-state index contributed by atoms with van der Waals surface area (Å²) in [4.78, 5) is 27.4. The Morgan fingerprint density at radius 1 is 1.42 bits per heavy atom. The van der Waals surface area contributed by atoms with Gasteiger partial charge in [0.25, 0.3) is 5.91 Å². The number of amides is 1. The summed E-state index contributed by atoms with van der Waals surface area (Å²) < 4.78 is 4.99. The van der Waals surface area contributed by atoms with Gasteiger partial charge < -0.3 is 15.2 Å². The highest BCUT2D eigenvalue weighted by Gasteiger charge is 2.37. The normalized spacial score (nSPS) is 10.9. The Morgan fingerprint density at radius 3 is 2.53 bits per heavy atom. The van der Waals surface area contributed by atoms with Crippen molar-refractivity contribution in [1.82, 2.24) is 10.3 Å². The number of pyridine rings is 1. The third kappa shape index (κ3) is 3.01. The van der Waals surface area contributed by atoms with Gasteiger partial charge in [-0.1, -0.05) is 13.8 Å². The summed E-state index contributed by atoms with van der Waals surface area (Å²) in [6.45, 7) is 3.44. The number of carboxylic acid groups (broad SMARTS) is 1. The first-order valence-electron chi connectivity index (χ1n) is 6.05. The highest BCUT2D eigenvalue weighted by molar-refractivity contribution is 5.99. The Hall–Kier alpha value is -2.11. The van der Waals surface area contributed by atoms with E-state index in [1.54, 1.807) is 26.0 Å². The van der Waals surface area contributed by atoms with Gasteiger partial charge in [-0.15, -0.1) is 0 Å². The fourth-order valence-corrected chi connectivity index (χ4v) is 1.79. The third-order valence-electron chi connectivity index (χ3n) is 3.18. The second-order valence-corrected chi connectivity index (χ2v) is 4.11. The van der Waals surface area contributed by atoms with Crippen molar-refractivity contribution in [3.8, 4) is 5.88 Å². The molecule has 0 atom stereocenters. The number of carboxylic acids is 1. The van der Waals surface area contributed by atoms with Crippen LogP contribution >= 0.6 is 0 Å². The molecule has 0 spiro atoms. The highest BCUT2D eigenvalue weighted by atomic mass is 16.5. The molecule has 6 nitrogen and oxygen atoms in total. The lowest BCUT2D eigenvalue weighted by molar-refractivity contribution is -0.144. The first kappa shape index (κ1) is 14.9. The Morgan fingerprint density at radius 2 is 2.05 bits per heavy atom. The van der Waals surface area contributed by atoms with Crippen LogP contribution < -0.4 is 10.1 Å². The molecule has 1 heterocycles. The summed E-state index contributed by atoms with van der Waals surface area (Å²) >= 11 is 0. The van der Waals surface area contributed by atoms with Crippen LogP contribution in [-0.2, 0) is 4.79 Å². The number of carbonyl (C=O) groups excluding carboxylic acids is 1. The molecule has 0 bridgehead atoms. The van der Waals surface area contributed by atoms with Crippen LogP contribution in [0.5, 0.6) is 5.88 Å². The molecule has 0 radical (unpaired) electrons. The molecule has 0 unspecified atom stereocenters. The molecule has 0 aliphatic carbocycles.